The van der Waals surface area contributed by atoms with Crippen LogP contribution >= 0.6 is 20.8 Å². The van der Waals surface area contributed by atoms with Crippen LogP contribution in [0.3, 0.4) is 0 Å². The Hall–Kier alpha value is -2.74. The van der Waals surface area contributed by atoms with E-state index in [1.807, 2.05) is 30.3 Å². The van der Waals surface area contributed by atoms with Gasteiger partial charge in [0.15, 0.2) is 0 Å². The predicted octanol–water partition coefficient (Wildman–Crippen LogP) is 5.72. The van der Waals surface area contributed by atoms with E-state index in [0.29, 0.717) is 5.56 Å². The van der Waals surface area contributed by atoms with Gasteiger partial charge in [-0.3, -0.25) is 0 Å². The number of rotatable bonds is 6. The van der Waals surface area contributed by atoms with E-state index in [-0.39, 0.29) is 0 Å². The molecule has 4 aromatic rings. The molecule has 0 aliphatic rings. The number of hydrogen-bond donors (Lipinski definition) is 1. The number of carbonyl (C=O) groups is 1. The zero-order chi connectivity index (χ0) is 21.1. The Morgan fingerprint density at radius 1 is 0.633 bits per heavy atom. The second-order valence-electron chi connectivity index (χ2n) is 7.35. The van der Waals surface area contributed by atoms with Crippen molar-refractivity contribution in [2.75, 3.05) is 0 Å². The summed E-state index contributed by atoms with van der Waals surface area (Å²) in [5.41, 5.74) is 1.39. The van der Waals surface area contributed by atoms with Crippen LogP contribution in [-0.4, -0.2) is 11.1 Å². The van der Waals surface area contributed by atoms with E-state index in [0.717, 1.165) is 11.7 Å². The Bertz CT molecular complexity index is 1040. The number of hydrogen-bond acceptors (Lipinski definition) is 1. The summed E-state index contributed by atoms with van der Waals surface area (Å²) < 4.78 is 0. The molecule has 30 heavy (non-hydrogen) atoms. The topological polar surface area (TPSA) is 37.3 Å². The maximum absolute atomic E-state index is 11.3. The Balaban J connectivity index is 2.02. The Kier molecular flexibility index (Phi) is 5.60. The van der Waals surface area contributed by atoms with Gasteiger partial charge in [-0.15, -0.1) is 0 Å². The van der Waals surface area contributed by atoms with E-state index in [2.05, 4.69) is 88.3 Å². The molecule has 0 aliphatic carbocycles. The summed E-state index contributed by atoms with van der Waals surface area (Å²) in [6.45, 7) is 0. The minimum atomic E-state index is -3.06. The van der Waals surface area contributed by atoms with Crippen molar-refractivity contribution in [2.24, 2.45) is 0 Å². The maximum atomic E-state index is 11.3. The first-order valence-corrected chi connectivity index (χ1v) is 14.2. The number of carboxylic acids is 1. The SMILES string of the molecule is O=C(O)c1ccc(CP(Br)(c2ccccc2)(c2ccccc2)c2ccccc2)cc1. The molecule has 4 rings (SSSR count). The summed E-state index contributed by atoms with van der Waals surface area (Å²) in [5.74, 6) is -0.910. The molecule has 4 heteroatoms. The molecule has 0 atom stereocenters. The van der Waals surface area contributed by atoms with Crippen molar-refractivity contribution < 1.29 is 9.90 Å². The third-order valence-corrected chi connectivity index (χ3v) is 15.1. The Labute approximate surface area is 184 Å². The van der Waals surface area contributed by atoms with Gasteiger partial charge in [-0.25, -0.2) is 0 Å². The van der Waals surface area contributed by atoms with Crippen LogP contribution in [0.15, 0.2) is 115 Å². The molecule has 0 saturated carbocycles. The molecule has 2 nitrogen and oxygen atoms in total. The van der Waals surface area contributed by atoms with E-state index in [9.17, 15) is 9.90 Å². The molecule has 0 amide bonds. The van der Waals surface area contributed by atoms with Crippen molar-refractivity contribution in [1.82, 2.24) is 0 Å². The molecule has 4 aromatic carbocycles. The third-order valence-electron chi connectivity index (χ3n) is 5.56. The molecule has 0 heterocycles. The van der Waals surface area contributed by atoms with Crippen molar-refractivity contribution in [3.63, 3.8) is 0 Å². The summed E-state index contributed by atoms with van der Waals surface area (Å²) in [7, 11) is 0. The molecule has 0 saturated heterocycles. The third kappa shape index (κ3) is 3.49. The molecule has 1 N–H and O–H groups in total. The first kappa shape index (κ1) is 20.5. The molecule has 0 spiro atoms. The van der Waals surface area contributed by atoms with Crippen LogP contribution in [0, 0.1) is 0 Å². The van der Waals surface area contributed by atoms with Crippen molar-refractivity contribution >= 4 is 42.7 Å². The minimum absolute atomic E-state index is 0.299. The van der Waals surface area contributed by atoms with E-state index in [4.69, 9.17) is 0 Å². The van der Waals surface area contributed by atoms with Crippen molar-refractivity contribution in [3.8, 4) is 0 Å². The summed E-state index contributed by atoms with van der Waals surface area (Å²) in [6, 6.07) is 39.0. The standard InChI is InChI=1S/C26H22BrO2P/c27-30(23-10-4-1-5-11-23,24-12-6-2-7-13-24,25-14-8-3-9-15-25)20-21-16-18-22(19-17-21)26(28)29/h1-19H,20H2,(H,28,29). The fraction of sp³-hybridized carbons (Fsp3) is 0.0385. The first-order chi connectivity index (χ1) is 14.5. The number of carboxylic acid groups (broad SMARTS) is 1. The van der Waals surface area contributed by atoms with Crippen molar-refractivity contribution in [2.45, 2.75) is 6.16 Å². The van der Waals surface area contributed by atoms with Crippen LogP contribution < -0.4 is 15.9 Å². The van der Waals surface area contributed by atoms with Gasteiger partial charge in [0.2, 0.25) is 0 Å². The van der Waals surface area contributed by atoms with Gasteiger partial charge in [0.25, 0.3) is 0 Å². The molecule has 0 aliphatic heterocycles. The quantitative estimate of drug-likeness (QED) is 0.361. The molecule has 0 bridgehead atoms. The second-order valence-corrected chi connectivity index (χ2v) is 16.3. The van der Waals surface area contributed by atoms with Crippen molar-refractivity contribution in [1.29, 1.82) is 0 Å². The monoisotopic (exact) mass is 476 g/mol. The molecule has 0 radical (unpaired) electrons. The fourth-order valence-electron chi connectivity index (χ4n) is 4.03. The average Bonchev–Trinajstić information content (AvgIpc) is 2.81. The van der Waals surface area contributed by atoms with Gasteiger partial charge in [-0.1, -0.05) is 0 Å². The van der Waals surface area contributed by atoms with Crippen LogP contribution in [0.5, 0.6) is 0 Å². The van der Waals surface area contributed by atoms with Crippen LogP contribution in [0.4, 0.5) is 0 Å². The zero-order valence-electron chi connectivity index (χ0n) is 16.4. The van der Waals surface area contributed by atoms with Crippen LogP contribution in [0.25, 0.3) is 0 Å². The van der Waals surface area contributed by atoms with Gasteiger partial charge in [-0.2, -0.15) is 0 Å². The van der Waals surface area contributed by atoms with E-state index < -0.39 is 11.3 Å². The van der Waals surface area contributed by atoms with Gasteiger partial charge in [-0.05, 0) is 0 Å². The summed E-state index contributed by atoms with van der Waals surface area (Å²) in [6.07, 6.45) is 0.740. The summed E-state index contributed by atoms with van der Waals surface area (Å²) in [5, 5.41) is 9.95. The van der Waals surface area contributed by atoms with Gasteiger partial charge in [0.05, 0.1) is 0 Å². The summed E-state index contributed by atoms with van der Waals surface area (Å²) >= 11 is 4.42. The number of aromatic carboxylic acids is 1. The van der Waals surface area contributed by atoms with Gasteiger partial charge >= 0.3 is 185 Å². The molecular formula is C26H22BrO2P. The second kappa shape index (κ2) is 8.18. The van der Waals surface area contributed by atoms with Crippen LogP contribution in [0.2, 0.25) is 0 Å². The van der Waals surface area contributed by atoms with E-state index in [1.165, 1.54) is 15.9 Å². The van der Waals surface area contributed by atoms with Gasteiger partial charge in [0, 0.05) is 0 Å². The Morgan fingerprint density at radius 2 is 1.00 bits per heavy atom. The van der Waals surface area contributed by atoms with Gasteiger partial charge in [0.1, 0.15) is 0 Å². The molecule has 0 unspecified atom stereocenters. The first-order valence-electron chi connectivity index (χ1n) is 9.74. The van der Waals surface area contributed by atoms with Crippen LogP contribution in [-0.2, 0) is 6.16 Å². The number of benzene rings is 4. The number of halogens is 1. The normalized spacial score (nSPS) is 12.6. The van der Waals surface area contributed by atoms with E-state index in [1.54, 1.807) is 12.1 Å². The molecule has 0 aromatic heterocycles. The Morgan fingerprint density at radius 3 is 1.33 bits per heavy atom. The zero-order valence-corrected chi connectivity index (χ0v) is 18.8. The van der Waals surface area contributed by atoms with E-state index >= 15 is 0 Å². The fourth-order valence-corrected chi connectivity index (χ4v) is 11.7. The molecule has 150 valence electrons. The van der Waals surface area contributed by atoms with Crippen LogP contribution in [0.1, 0.15) is 15.9 Å². The molecular weight excluding hydrogens is 455 g/mol. The molecule has 0 fully saturated rings. The predicted molar refractivity (Wildman–Crippen MR) is 131 cm³/mol. The average molecular weight is 477 g/mol. The summed E-state index contributed by atoms with van der Waals surface area (Å²) in [4.78, 5) is 11.3. The van der Waals surface area contributed by atoms with Gasteiger partial charge < -0.3 is 0 Å². The van der Waals surface area contributed by atoms with Crippen molar-refractivity contribution in [3.05, 3.63) is 126 Å².